The van der Waals surface area contributed by atoms with E-state index in [2.05, 4.69) is 56.3 Å². The van der Waals surface area contributed by atoms with E-state index in [4.69, 9.17) is 0 Å². The third kappa shape index (κ3) is 4.43. The third-order valence-corrected chi connectivity index (χ3v) is 3.05. The molecule has 1 aliphatic carbocycles. The van der Waals surface area contributed by atoms with E-state index >= 15 is 0 Å². The molecule has 0 amide bonds. The summed E-state index contributed by atoms with van der Waals surface area (Å²) in [4.78, 5) is 0. The predicted octanol–water partition coefficient (Wildman–Crippen LogP) is 3.71. The zero-order valence-electron chi connectivity index (χ0n) is 7.82. The van der Waals surface area contributed by atoms with E-state index in [1.165, 1.54) is 21.8 Å². The standard InChI is InChI=1S/C10H15Br2N/c1-2-3-4-13-10-6-8(11)5-9(12)7-10/h5-6,10,13H,2-4,7H2,1H3. The maximum Gasteiger partial charge on any atom is 0.0309 e. The average molecular weight is 309 g/mol. The van der Waals surface area contributed by atoms with E-state index in [9.17, 15) is 0 Å². The van der Waals surface area contributed by atoms with Gasteiger partial charge in [0.25, 0.3) is 0 Å². The van der Waals surface area contributed by atoms with Crippen LogP contribution in [0.1, 0.15) is 26.2 Å². The lowest BCUT2D eigenvalue weighted by Crippen LogP contribution is -2.29. The second-order valence-electron chi connectivity index (χ2n) is 3.26. The van der Waals surface area contributed by atoms with Gasteiger partial charge in [0.1, 0.15) is 0 Å². The topological polar surface area (TPSA) is 12.0 Å². The molecule has 0 aliphatic heterocycles. The van der Waals surface area contributed by atoms with Crippen molar-refractivity contribution in [3.05, 3.63) is 21.1 Å². The zero-order valence-corrected chi connectivity index (χ0v) is 11.0. The maximum absolute atomic E-state index is 3.53. The molecule has 1 aliphatic rings. The summed E-state index contributed by atoms with van der Waals surface area (Å²) in [5.41, 5.74) is 0. The SMILES string of the molecule is CCCCNC1C=C(Br)C=C(Br)C1. The van der Waals surface area contributed by atoms with Crippen molar-refractivity contribution in [1.82, 2.24) is 5.32 Å². The highest BCUT2D eigenvalue weighted by Crippen LogP contribution is 2.25. The van der Waals surface area contributed by atoms with Crippen molar-refractivity contribution in [3.63, 3.8) is 0 Å². The summed E-state index contributed by atoms with van der Waals surface area (Å²) in [6, 6.07) is 0.486. The lowest BCUT2D eigenvalue weighted by molar-refractivity contribution is 0.569. The van der Waals surface area contributed by atoms with Crippen LogP contribution >= 0.6 is 31.9 Å². The number of nitrogens with one attached hydrogen (secondary N) is 1. The van der Waals surface area contributed by atoms with Crippen LogP contribution in [-0.4, -0.2) is 12.6 Å². The quantitative estimate of drug-likeness (QED) is 0.781. The highest BCUT2D eigenvalue weighted by Gasteiger charge is 2.11. The largest absolute Gasteiger partial charge is 0.310 e. The van der Waals surface area contributed by atoms with Crippen molar-refractivity contribution >= 4 is 31.9 Å². The van der Waals surface area contributed by atoms with Crippen molar-refractivity contribution in [2.24, 2.45) is 0 Å². The number of allylic oxidation sites excluding steroid dienone is 2. The van der Waals surface area contributed by atoms with Crippen LogP contribution in [-0.2, 0) is 0 Å². The van der Waals surface area contributed by atoms with Gasteiger partial charge < -0.3 is 5.32 Å². The first-order chi connectivity index (χ1) is 6.22. The maximum atomic E-state index is 3.53. The van der Waals surface area contributed by atoms with Gasteiger partial charge >= 0.3 is 0 Å². The molecule has 74 valence electrons. The molecule has 0 aromatic carbocycles. The molecular weight excluding hydrogens is 294 g/mol. The first-order valence-corrected chi connectivity index (χ1v) is 6.27. The Morgan fingerprint density at radius 3 is 2.92 bits per heavy atom. The number of rotatable bonds is 4. The molecule has 0 aromatic heterocycles. The van der Waals surface area contributed by atoms with E-state index in [-0.39, 0.29) is 0 Å². The predicted molar refractivity (Wildman–Crippen MR) is 65.3 cm³/mol. The van der Waals surface area contributed by atoms with E-state index in [1.807, 2.05) is 0 Å². The molecule has 0 radical (unpaired) electrons. The van der Waals surface area contributed by atoms with Crippen LogP contribution in [0.15, 0.2) is 21.1 Å². The minimum atomic E-state index is 0.486. The number of hydrogen-bond acceptors (Lipinski definition) is 1. The molecule has 13 heavy (non-hydrogen) atoms. The van der Waals surface area contributed by atoms with Gasteiger partial charge in [-0.3, -0.25) is 0 Å². The van der Waals surface area contributed by atoms with E-state index in [0.29, 0.717) is 6.04 Å². The molecule has 0 saturated heterocycles. The lowest BCUT2D eigenvalue weighted by atomic mass is 10.1. The van der Waals surface area contributed by atoms with Gasteiger partial charge in [-0.2, -0.15) is 0 Å². The normalized spacial score (nSPS) is 22.5. The molecule has 1 rings (SSSR count). The van der Waals surface area contributed by atoms with Crippen molar-refractivity contribution in [2.75, 3.05) is 6.54 Å². The second kappa shape index (κ2) is 5.99. The molecule has 0 heterocycles. The van der Waals surface area contributed by atoms with Gasteiger partial charge in [0.15, 0.2) is 0 Å². The van der Waals surface area contributed by atoms with Gasteiger partial charge in [0, 0.05) is 10.5 Å². The number of hydrogen-bond donors (Lipinski definition) is 1. The first-order valence-electron chi connectivity index (χ1n) is 4.69. The molecule has 1 N–H and O–H groups in total. The molecule has 0 aromatic rings. The zero-order chi connectivity index (χ0) is 9.68. The van der Waals surface area contributed by atoms with Crippen LogP contribution in [0.5, 0.6) is 0 Å². The Bertz CT molecular complexity index is 221. The first kappa shape index (κ1) is 11.5. The Morgan fingerprint density at radius 2 is 2.31 bits per heavy atom. The Hall–Kier alpha value is 0.400. The highest BCUT2D eigenvalue weighted by molar-refractivity contribution is 9.12. The Kier molecular flexibility index (Phi) is 5.29. The minimum Gasteiger partial charge on any atom is -0.310 e. The number of unbranched alkanes of at least 4 members (excludes halogenated alkanes) is 1. The summed E-state index contributed by atoms with van der Waals surface area (Å²) >= 11 is 7.02. The van der Waals surface area contributed by atoms with Gasteiger partial charge in [-0.05, 0) is 29.9 Å². The molecule has 1 nitrogen and oxygen atoms in total. The van der Waals surface area contributed by atoms with Crippen molar-refractivity contribution < 1.29 is 0 Å². The smallest absolute Gasteiger partial charge is 0.0309 e. The molecule has 3 heteroatoms. The summed E-state index contributed by atoms with van der Waals surface area (Å²) in [5.74, 6) is 0. The summed E-state index contributed by atoms with van der Waals surface area (Å²) < 4.78 is 2.43. The monoisotopic (exact) mass is 307 g/mol. The van der Waals surface area contributed by atoms with Crippen molar-refractivity contribution in [1.29, 1.82) is 0 Å². The summed E-state index contributed by atoms with van der Waals surface area (Å²) in [6.45, 7) is 3.32. The van der Waals surface area contributed by atoms with E-state index < -0.39 is 0 Å². The highest BCUT2D eigenvalue weighted by atomic mass is 79.9. The molecule has 1 unspecified atom stereocenters. The van der Waals surface area contributed by atoms with Gasteiger partial charge in [-0.15, -0.1) is 0 Å². The van der Waals surface area contributed by atoms with E-state index in [1.54, 1.807) is 0 Å². The summed E-state index contributed by atoms with van der Waals surface area (Å²) in [7, 11) is 0. The molecule has 0 fully saturated rings. The van der Waals surface area contributed by atoms with E-state index in [0.717, 1.165) is 13.0 Å². The Morgan fingerprint density at radius 1 is 1.54 bits per heavy atom. The lowest BCUT2D eigenvalue weighted by Gasteiger charge is -2.18. The molecule has 0 saturated carbocycles. The van der Waals surface area contributed by atoms with Crippen LogP contribution in [0.3, 0.4) is 0 Å². The fourth-order valence-corrected chi connectivity index (χ4v) is 2.81. The fraction of sp³-hybridized carbons (Fsp3) is 0.600. The Labute approximate surface area is 96.9 Å². The fourth-order valence-electron chi connectivity index (χ4n) is 1.31. The third-order valence-electron chi connectivity index (χ3n) is 2.01. The number of halogens is 2. The second-order valence-corrected chi connectivity index (χ2v) is 5.20. The summed E-state index contributed by atoms with van der Waals surface area (Å²) in [5, 5.41) is 3.51. The molecule has 1 atom stereocenters. The molecule has 0 spiro atoms. The molecule has 0 bridgehead atoms. The van der Waals surface area contributed by atoms with Crippen LogP contribution < -0.4 is 5.32 Å². The minimum absolute atomic E-state index is 0.486. The van der Waals surface area contributed by atoms with Gasteiger partial charge in [-0.1, -0.05) is 51.3 Å². The average Bonchev–Trinajstić information content (AvgIpc) is 2.03. The molecular formula is C10H15Br2N. The van der Waals surface area contributed by atoms with Gasteiger partial charge in [0.2, 0.25) is 0 Å². The van der Waals surface area contributed by atoms with Gasteiger partial charge in [0.05, 0.1) is 0 Å². The van der Waals surface area contributed by atoms with Crippen molar-refractivity contribution in [3.8, 4) is 0 Å². The van der Waals surface area contributed by atoms with Gasteiger partial charge in [-0.25, -0.2) is 0 Å². The van der Waals surface area contributed by atoms with Crippen LogP contribution in [0.25, 0.3) is 0 Å². The van der Waals surface area contributed by atoms with Crippen LogP contribution in [0.2, 0.25) is 0 Å². The summed E-state index contributed by atoms with van der Waals surface area (Å²) in [6.07, 6.45) is 7.90. The van der Waals surface area contributed by atoms with Crippen LogP contribution in [0.4, 0.5) is 0 Å². The Balaban J connectivity index is 2.33. The van der Waals surface area contributed by atoms with Crippen molar-refractivity contribution in [2.45, 2.75) is 32.2 Å². The van der Waals surface area contributed by atoms with Crippen LogP contribution in [0, 0.1) is 0 Å².